The first-order valence-electron chi connectivity index (χ1n) is 8.01. The van der Waals surface area contributed by atoms with Crippen molar-refractivity contribution in [2.45, 2.75) is 47.1 Å². The summed E-state index contributed by atoms with van der Waals surface area (Å²) in [4.78, 5) is 23.2. The molecule has 0 spiro atoms. The van der Waals surface area contributed by atoms with Gasteiger partial charge in [0.05, 0.1) is 17.1 Å². The number of hydrogen-bond donors (Lipinski definition) is 1. The van der Waals surface area contributed by atoms with E-state index < -0.39 is 0 Å². The number of aromatic nitrogens is 4. The SMILES string of the molecule is CC[C@H](C)n1nccc1NC(=O)c1sc2nc(C)nc(C)c2c1C. The molecule has 0 aliphatic carbocycles. The molecule has 0 aliphatic heterocycles. The molecule has 3 aromatic heterocycles. The van der Waals surface area contributed by atoms with Crippen LogP contribution in [0.4, 0.5) is 5.82 Å². The van der Waals surface area contributed by atoms with Crippen molar-refractivity contribution in [1.29, 1.82) is 0 Å². The lowest BCUT2D eigenvalue weighted by Gasteiger charge is -2.14. The molecule has 1 N–H and O–H groups in total. The van der Waals surface area contributed by atoms with Crippen molar-refractivity contribution in [1.82, 2.24) is 19.7 Å². The van der Waals surface area contributed by atoms with Gasteiger partial charge in [-0.2, -0.15) is 5.10 Å². The van der Waals surface area contributed by atoms with Crippen LogP contribution in [0, 0.1) is 20.8 Å². The van der Waals surface area contributed by atoms with Gasteiger partial charge in [0, 0.05) is 17.1 Å². The van der Waals surface area contributed by atoms with E-state index in [1.54, 1.807) is 6.20 Å². The summed E-state index contributed by atoms with van der Waals surface area (Å²) in [5.41, 5.74) is 1.84. The summed E-state index contributed by atoms with van der Waals surface area (Å²) in [6.45, 7) is 9.95. The maximum Gasteiger partial charge on any atom is 0.267 e. The molecular weight excluding hydrogens is 322 g/mol. The molecule has 0 aliphatic rings. The van der Waals surface area contributed by atoms with Gasteiger partial charge in [0.25, 0.3) is 5.91 Å². The van der Waals surface area contributed by atoms with Crippen LogP contribution in [0.15, 0.2) is 12.3 Å². The summed E-state index contributed by atoms with van der Waals surface area (Å²) in [6, 6.07) is 2.05. The van der Waals surface area contributed by atoms with Crippen LogP contribution in [0.5, 0.6) is 0 Å². The van der Waals surface area contributed by atoms with Gasteiger partial charge in [-0.1, -0.05) is 6.92 Å². The predicted molar refractivity (Wildman–Crippen MR) is 96.8 cm³/mol. The zero-order valence-corrected chi connectivity index (χ0v) is 15.4. The summed E-state index contributed by atoms with van der Waals surface area (Å²) in [6.07, 6.45) is 2.65. The van der Waals surface area contributed by atoms with Crippen LogP contribution in [-0.2, 0) is 0 Å². The second kappa shape index (κ2) is 6.32. The van der Waals surface area contributed by atoms with E-state index in [1.165, 1.54) is 11.3 Å². The van der Waals surface area contributed by atoms with Gasteiger partial charge in [-0.05, 0) is 39.7 Å². The number of nitrogens with one attached hydrogen (secondary N) is 1. The molecule has 1 atom stereocenters. The standard InChI is InChI=1S/C17H21N5OS/c1-6-9(2)22-13(7-8-18-22)21-16(23)15-10(3)14-11(4)19-12(5)20-17(14)24-15/h7-9H,6H2,1-5H3,(H,21,23)/t9-/m0/s1. The third kappa shape index (κ3) is 2.80. The quantitative estimate of drug-likeness (QED) is 0.776. The molecule has 0 fully saturated rings. The molecule has 24 heavy (non-hydrogen) atoms. The van der Waals surface area contributed by atoms with Crippen LogP contribution in [0.25, 0.3) is 10.2 Å². The lowest BCUT2D eigenvalue weighted by Crippen LogP contribution is -2.17. The van der Waals surface area contributed by atoms with Crippen LogP contribution in [0.3, 0.4) is 0 Å². The molecule has 3 heterocycles. The fraction of sp³-hybridized carbons (Fsp3) is 0.412. The lowest BCUT2D eigenvalue weighted by atomic mass is 10.1. The number of amides is 1. The first-order valence-corrected chi connectivity index (χ1v) is 8.83. The molecule has 0 radical (unpaired) electrons. The smallest absolute Gasteiger partial charge is 0.267 e. The number of rotatable bonds is 4. The van der Waals surface area contributed by atoms with Crippen LogP contribution < -0.4 is 5.32 Å². The minimum atomic E-state index is -0.127. The Labute approximate surface area is 144 Å². The summed E-state index contributed by atoms with van der Waals surface area (Å²) < 4.78 is 1.84. The number of carbonyl (C=O) groups is 1. The fourth-order valence-electron chi connectivity index (χ4n) is 2.80. The third-order valence-corrected chi connectivity index (χ3v) is 5.39. The molecule has 6 nitrogen and oxygen atoms in total. The van der Waals surface area contributed by atoms with E-state index in [1.807, 2.05) is 31.5 Å². The number of fused-ring (bicyclic) bond motifs is 1. The Balaban J connectivity index is 1.97. The highest BCUT2D eigenvalue weighted by molar-refractivity contribution is 7.20. The third-order valence-electron chi connectivity index (χ3n) is 4.21. The van der Waals surface area contributed by atoms with Gasteiger partial charge in [0.1, 0.15) is 16.5 Å². The Morgan fingerprint density at radius 2 is 2.08 bits per heavy atom. The van der Waals surface area contributed by atoms with Gasteiger partial charge in [-0.15, -0.1) is 11.3 Å². The highest BCUT2D eigenvalue weighted by Crippen LogP contribution is 2.31. The molecule has 126 valence electrons. The molecule has 0 saturated carbocycles. The topological polar surface area (TPSA) is 72.7 Å². The monoisotopic (exact) mass is 343 g/mol. The second-order valence-corrected chi connectivity index (χ2v) is 6.96. The molecular formula is C17H21N5OS. The first-order chi connectivity index (χ1) is 11.4. The van der Waals surface area contributed by atoms with Gasteiger partial charge < -0.3 is 5.32 Å². The van der Waals surface area contributed by atoms with Crippen LogP contribution >= 0.6 is 11.3 Å². The van der Waals surface area contributed by atoms with Crippen molar-refractivity contribution in [3.63, 3.8) is 0 Å². The average Bonchev–Trinajstić information content (AvgIpc) is 3.11. The molecule has 3 rings (SSSR count). The Kier molecular flexibility index (Phi) is 4.36. The summed E-state index contributed by atoms with van der Waals surface area (Å²) in [5.74, 6) is 1.31. The number of aryl methyl sites for hydroxylation is 3. The summed E-state index contributed by atoms with van der Waals surface area (Å²) >= 11 is 1.41. The fourth-order valence-corrected chi connectivity index (χ4v) is 3.97. The van der Waals surface area contributed by atoms with E-state index in [9.17, 15) is 4.79 Å². The number of nitrogens with zero attached hydrogens (tertiary/aromatic N) is 4. The maximum atomic E-state index is 12.8. The van der Waals surface area contributed by atoms with Gasteiger partial charge >= 0.3 is 0 Å². The van der Waals surface area contributed by atoms with Gasteiger partial charge in [-0.3, -0.25) is 4.79 Å². The van der Waals surface area contributed by atoms with Crippen molar-refractivity contribution in [2.24, 2.45) is 0 Å². The Morgan fingerprint density at radius 3 is 2.79 bits per heavy atom. The van der Waals surface area contributed by atoms with Gasteiger partial charge in [0.2, 0.25) is 0 Å². The lowest BCUT2D eigenvalue weighted by molar-refractivity contribution is 0.102. The van der Waals surface area contributed by atoms with E-state index in [2.05, 4.69) is 34.2 Å². The zero-order valence-electron chi connectivity index (χ0n) is 14.5. The van der Waals surface area contributed by atoms with Crippen molar-refractivity contribution in [2.75, 3.05) is 5.32 Å². The van der Waals surface area contributed by atoms with E-state index in [0.717, 1.165) is 33.7 Å². The number of hydrogen-bond acceptors (Lipinski definition) is 5. The highest BCUT2D eigenvalue weighted by atomic mass is 32.1. The number of carbonyl (C=O) groups excluding carboxylic acids is 1. The summed E-state index contributed by atoms with van der Waals surface area (Å²) in [5, 5.41) is 8.27. The van der Waals surface area contributed by atoms with Crippen LogP contribution in [0.1, 0.15) is 53.1 Å². The molecule has 0 bridgehead atoms. The molecule has 7 heteroatoms. The maximum absolute atomic E-state index is 12.8. The van der Waals surface area contributed by atoms with Crippen molar-refractivity contribution >= 4 is 33.3 Å². The second-order valence-electron chi connectivity index (χ2n) is 5.96. The first kappa shape index (κ1) is 16.6. The number of thiophene rings is 1. The normalized spacial score (nSPS) is 12.5. The zero-order chi connectivity index (χ0) is 17.4. The summed E-state index contributed by atoms with van der Waals surface area (Å²) in [7, 11) is 0. The van der Waals surface area contributed by atoms with Crippen LogP contribution in [-0.4, -0.2) is 25.7 Å². The molecule has 3 aromatic rings. The van der Waals surface area contributed by atoms with Crippen molar-refractivity contribution < 1.29 is 4.79 Å². The van der Waals surface area contributed by atoms with E-state index in [-0.39, 0.29) is 11.9 Å². The van der Waals surface area contributed by atoms with Gasteiger partial charge in [-0.25, -0.2) is 14.6 Å². The molecule has 0 aromatic carbocycles. The minimum absolute atomic E-state index is 0.127. The number of anilines is 1. The van der Waals surface area contributed by atoms with Crippen molar-refractivity contribution in [3.8, 4) is 0 Å². The van der Waals surface area contributed by atoms with Gasteiger partial charge in [0.15, 0.2) is 0 Å². The minimum Gasteiger partial charge on any atom is -0.306 e. The Bertz CT molecular complexity index is 911. The average molecular weight is 343 g/mol. The van der Waals surface area contributed by atoms with E-state index >= 15 is 0 Å². The molecule has 1 amide bonds. The van der Waals surface area contributed by atoms with E-state index in [4.69, 9.17) is 0 Å². The molecule has 0 saturated heterocycles. The van der Waals surface area contributed by atoms with Crippen LogP contribution in [0.2, 0.25) is 0 Å². The predicted octanol–water partition coefficient (Wildman–Crippen LogP) is 4.04. The largest absolute Gasteiger partial charge is 0.306 e. The Hall–Kier alpha value is -2.28. The van der Waals surface area contributed by atoms with Crippen molar-refractivity contribution in [3.05, 3.63) is 34.2 Å². The Morgan fingerprint density at radius 1 is 1.33 bits per heavy atom. The molecule has 0 unspecified atom stereocenters. The van der Waals surface area contributed by atoms with E-state index in [0.29, 0.717) is 10.7 Å². The highest BCUT2D eigenvalue weighted by Gasteiger charge is 2.20.